The summed E-state index contributed by atoms with van der Waals surface area (Å²) >= 11 is 5.73. The first-order valence-corrected chi connectivity index (χ1v) is 5.59. The fraction of sp³-hybridized carbons (Fsp3) is 0.417. The predicted octanol–water partition coefficient (Wildman–Crippen LogP) is 2.09. The number of aliphatic hydroxyl groups is 1. The van der Waals surface area contributed by atoms with Crippen molar-refractivity contribution in [2.75, 3.05) is 6.61 Å². The van der Waals surface area contributed by atoms with Crippen molar-refractivity contribution >= 4 is 17.5 Å². The monoisotopic (exact) mass is 241 g/mol. The zero-order valence-corrected chi connectivity index (χ0v) is 10.2. The van der Waals surface area contributed by atoms with Gasteiger partial charge in [-0.3, -0.25) is 4.79 Å². The van der Waals surface area contributed by atoms with Crippen molar-refractivity contribution in [2.45, 2.75) is 19.9 Å². The van der Waals surface area contributed by atoms with Gasteiger partial charge in [0.2, 0.25) is 0 Å². The molecule has 0 aromatic heterocycles. The molecule has 0 saturated heterocycles. The van der Waals surface area contributed by atoms with Crippen LogP contribution in [0.3, 0.4) is 0 Å². The molecule has 3 nitrogen and oxygen atoms in total. The minimum absolute atomic E-state index is 0.0585. The van der Waals surface area contributed by atoms with Crippen molar-refractivity contribution < 1.29 is 9.90 Å². The van der Waals surface area contributed by atoms with Gasteiger partial charge >= 0.3 is 0 Å². The van der Waals surface area contributed by atoms with Gasteiger partial charge < -0.3 is 10.4 Å². The van der Waals surface area contributed by atoms with Crippen LogP contribution in [0.1, 0.15) is 24.2 Å². The maximum atomic E-state index is 11.8. The maximum absolute atomic E-state index is 11.8. The van der Waals surface area contributed by atoms with Crippen LogP contribution >= 0.6 is 11.6 Å². The first-order valence-electron chi connectivity index (χ1n) is 5.22. The van der Waals surface area contributed by atoms with Gasteiger partial charge in [0.15, 0.2) is 0 Å². The van der Waals surface area contributed by atoms with Crippen LogP contribution < -0.4 is 5.32 Å². The molecular formula is C12H16ClNO2. The van der Waals surface area contributed by atoms with E-state index in [0.717, 1.165) is 0 Å². The molecule has 0 aliphatic heterocycles. The second-order valence-corrected chi connectivity index (χ2v) is 4.45. The smallest absolute Gasteiger partial charge is 0.251 e. The van der Waals surface area contributed by atoms with Gasteiger partial charge in [0, 0.05) is 10.6 Å². The van der Waals surface area contributed by atoms with Gasteiger partial charge in [0.05, 0.1) is 12.6 Å². The Labute approximate surface area is 100 Å². The molecule has 0 saturated carbocycles. The summed E-state index contributed by atoms with van der Waals surface area (Å²) in [6.45, 7) is 3.84. The summed E-state index contributed by atoms with van der Waals surface area (Å²) in [5, 5.41) is 12.5. The van der Waals surface area contributed by atoms with Crippen LogP contribution in [0.4, 0.5) is 0 Å². The average molecular weight is 242 g/mol. The van der Waals surface area contributed by atoms with E-state index in [0.29, 0.717) is 10.6 Å². The lowest BCUT2D eigenvalue weighted by Gasteiger charge is -2.19. The van der Waals surface area contributed by atoms with E-state index in [1.807, 2.05) is 13.8 Å². The zero-order valence-electron chi connectivity index (χ0n) is 9.40. The molecule has 88 valence electrons. The van der Waals surface area contributed by atoms with E-state index < -0.39 is 0 Å². The lowest BCUT2D eigenvalue weighted by Crippen LogP contribution is -2.41. The maximum Gasteiger partial charge on any atom is 0.251 e. The molecule has 0 bridgehead atoms. The Hall–Kier alpha value is -1.06. The molecule has 1 amide bonds. The van der Waals surface area contributed by atoms with Crippen LogP contribution in [0.5, 0.6) is 0 Å². The summed E-state index contributed by atoms with van der Waals surface area (Å²) in [4.78, 5) is 11.8. The highest BCUT2D eigenvalue weighted by Gasteiger charge is 2.15. The lowest BCUT2D eigenvalue weighted by molar-refractivity contribution is 0.0897. The molecule has 0 aliphatic rings. The molecule has 1 unspecified atom stereocenters. The summed E-state index contributed by atoms with van der Waals surface area (Å²) < 4.78 is 0. The Kier molecular flexibility index (Phi) is 4.77. The predicted molar refractivity (Wildman–Crippen MR) is 64.6 cm³/mol. The Morgan fingerprint density at radius 3 is 2.38 bits per heavy atom. The topological polar surface area (TPSA) is 49.3 Å². The van der Waals surface area contributed by atoms with E-state index >= 15 is 0 Å². The number of hydrogen-bond acceptors (Lipinski definition) is 2. The fourth-order valence-corrected chi connectivity index (χ4v) is 1.40. The molecule has 0 fully saturated rings. The summed E-state index contributed by atoms with van der Waals surface area (Å²) in [7, 11) is 0. The molecule has 1 rings (SSSR count). The second kappa shape index (κ2) is 5.87. The van der Waals surface area contributed by atoms with Gasteiger partial charge in [-0.25, -0.2) is 0 Å². The van der Waals surface area contributed by atoms with E-state index in [9.17, 15) is 4.79 Å². The minimum Gasteiger partial charge on any atom is -0.394 e. The number of halogens is 1. The highest BCUT2D eigenvalue weighted by molar-refractivity contribution is 6.30. The number of carbonyl (C=O) groups is 1. The summed E-state index contributed by atoms with van der Waals surface area (Å²) in [6.07, 6.45) is 0. The highest BCUT2D eigenvalue weighted by atomic mass is 35.5. The molecule has 16 heavy (non-hydrogen) atoms. The van der Waals surface area contributed by atoms with Crippen molar-refractivity contribution in [2.24, 2.45) is 5.92 Å². The zero-order chi connectivity index (χ0) is 12.1. The van der Waals surface area contributed by atoms with E-state index in [1.54, 1.807) is 24.3 Å². The highest BCUT2D eigenvalue weighted by Crippen LogP contribution is 2.10. The van der Waals surface area contributed by atoms with E-state index in [4.69, 9.17) is 16.7 Å². The Morgan fingerprint density at radius 1 is 1.38 bits per heavy atom. The number of amides is 1. The van der Waals surface area contributed by atoms with Crippen LogP contribution in [-0.2, 0) is 0 Å². The third kappa shape index (κ3) is 3.51. The van der Waals surface area contributed by atoms with Crippen LogP contribution in [0.15, 0.2) is 24.3 Å². The first kappa shape index (κ1) is 13.0. The van der Waals surface area contributed by atoms with E-state index in [1.165, 1.54) is 0 Å². The van der Waals surface area contributed by atoms with Crippen molar-refractivity contribution in [1.29, 1.82) is 0 Å². The third-order valence-corrected chi connectivity index (χ3v) is 2.68. The van der Waals surface area contributed by atoms with Gasteiger partial charge in [0.25, 0.3) is 5.91 Å². The fourth-order valence-electron chi connectivity index (χ4n) is 1.28. The molecular weight excluding hydrogens is 226 g/mol. The Balaban J connectivity index is 2.68. The summed E-state index contributed by atoms with van der Waals surface area (Å²) in [6, 6.07) is 6.43. The first-order chi connectivity index (χ1) is 7.54. The van der Waals surface area contributed by atoms with Crippen LogP contribution in [0, 0.1) is 5.92 Å². The summed E-state index contributed by atoms with van der Waals surface area (Å²) in [5.74, 6) is 0.00525. The third-order valence-electron chi connectivity index (χ3n) is 2.42. The van der Waals surface area contributed by atoms with Crippen molar-refractivity contribution in [1.82, 2.24) is 5.32 Å². The van der Waals surface area contributed by atoms with E-state index in [-0.39, 0.29) is 24.5 Å². The number of carbonyl (C=O) groups excluding carboxylic acids is 1. The van der Waals surface area contributed by atoms with Crippen molar-refractivity contribution in [3.8, 4) is 0 Å². The minimum atomic E-state index is -0.219. The Bertz CT molecular complexity index is 349. The standard InChI is InChI=1S/C12H16ClNO2/c1-8(2)11(7-15)14-12(16)9-3-5-10(13)6-4-9/h3-6,8,11,15H,7H2,1-2H3,(H,14,16). The second-order valence-electron chi connectivity index (χ2n) is 4.01. The molecule has 0 spiro atoms. The van der Waals surface area contributed by atoms with Crippen LogP contribution in [-0.4, -0.2) is 23.7 Å². The summed E-state index contributed by atoms with van der Waals surface area (Å²) in [5.41, 5.74) is 0.545. The normalized spacial score (nSPS) is 12.6. The number of hydrogen-bond donors (Lipinski definition) is 2. The van der Waals surface area contributed by atoms with Gasteiger partial charge in [-0.2, -0.15) is 0 Å². The van der Waals surface area contributed by atoms with Crippen molar-refractivity contribution in [3.63, 3.8) is 0 Å². The molecule has 0 radical (unpaired) electrons. The van der Waals surface area contributed by atoms with Gasteiger partial charge in [-0.15, -0.1) is 0 Å². The number of nitrogens with one attached hydrogen (secondary N) is 1. The molecule has 1 aromatic carbocycles. The molecule has 1 atom stereocenters. The molecule has 0 heterocycles. The number of aliphatic hydroxyl groups excluding tert-OH is 1. The number of rotatable bonds is 4. The number of benzene rings is 1. The Morgan fingerprint density at radius 2 is 1.94 bits per heavy atom. The SMILES string of the molecule is CC(C)C(CO)NC(=O)c1ccc(Cl)cc1. The van der Waals surface area contributed by atoms with E-state index in [2.05, 4.69) is 5.32 Å². The largest absolute Gasteiger partial charge is 0.394 e. The quantitative estimate of drug-likeness (QED) is 0.848. The van der Waals surface area contributed by atoms with Gasteiger partial charge in [-0.1, -0.05) is 25.4 Å². The van der Waals surface area contributed by atoms with Gasteiger partial charge in [0.1, 0.15) is 0 Å². The lowest BCUT2D eigenvalue weighted by atomic mass is 10.0. The van der Waals surface area contributed by atoms with Crippen LogP contribution in [0.25, 0.3) is 0 Å². The molecule has 2 N–H and O–H groups in total. The van der Waals surface area contributed by atoms with Crippen LogP contribution in [0.2, 0.25) is 5.02 Å². The average Bonchev–Trinajstić information content (AvgIpc) is 2.26. The van der Waals surface area contributed by atoms with Gasteiger partial charge in [-0.05, 0) is 30.2 Å². The molecule has 1 aromatic rings. The molecule has 0 aliphatic carbocycles. The molecule has 4 heteroatoms. The van der Waals surface area contributed by atoms with Crippen molar-refractivity contribution in [3.05, 3.63) is 34.9 Å².